The van der Waals surface area contributed by atoms with E-state index in [0.717, 1.165) is 38.3 Å². The van der Waals surface area contributed by atoms with Crippen LogP contribution < -0.4 is 4.90 Å². The van der Waals surface area contributed by atoms with Gasteiger partial charge < -0.3 is 9.80 Å². The first-order valence-electron chi connectivity index (χ1n) is 6.94. The minimum Gasteiger partial charge on any atom is -0.351 e. The Hall–Kier alpha value is -2.42. The predicted octanol–water partition coefficient (Wildman–Crippen LogP) is 0.702. The number of hydrogen-bond acceptors (Lipinski definition) is 6. The Labute approximate surface area is 124 Å². The van der Waals surface area contributed by atoms with Gasteiger partial charge in [-0.15, -0.1) is 5.10 Å². The first-order valence-corrected chi connectivity index (χ1v) is 6.94. The van der Waals surface area contributed by atoms with Crippen LogP contribution in [0.15, 0.2) is 12.1 Å². The number of fused-ring (bicyclic) bond motifs is 3. The van der Waals surface area contributed by atoms with E-state index in [1.807, 2.05) is 0 Å². The van der Waals surface area contributed by atoms with Crippen LogP contribution in [0.4, 0.5) is 14.6 Å². The number of tetrazole rings is 1. The third kappa shape index (κ3) is 1.97. The predicted molar refractivity (Wildman–Crippen MR) is 75.7 cm³/mol. The molecule has 0 spiro atoms. The zero-order valence-corrected chi connectivity index (χ0v) is 11.9. The molecule has 0 unspecified atom stereocenters. The molecule has 9 heteroatoms. The van der Waals surface area contributed by atoms with Crippen LogP contribution in [0.5, 0.6) is 0 Å². The van der Waals surface area contributed by atoms with Crippen LogP contribution in [0.3, 0.4) is 0 Å². The number of hydrogen-bond donors (Lipinski definition) is 0. The van der Waals surface area contributed by atoms with Crippen LogP contribution in [0.25, 0.3) is 16.7 Å². The highest BCUT2D eigenvalue weighted by atomic mass is 19.2. The van der Waals surface area contributed by atoms with Crippen molar-refractivity contribution in [2.45, 2.75) is 0 Å². The number of likely N-dealkylation sites (N-methyl/N-ethyl adjacent to an activating group) is 1. The summed E-state index contributed by atoms with van der Waals surface area (Å²) in [6, 6.07) is 2.14. The van der Waals surface area contributed by atoms with Gasteiger partial charge >= 0.3 is 0 Å². The largest absolute Gasteiger partial charge is 0.351 e. The Morgan fingerprint density at radius 2 is 1.77 bits per heavy atom. The summed E-state index contributed by atoms with van der Waals surface area (Å²) in [4.78, 5) is 8.74. The van der Waals surface area contributed by atoms with Crippen LogP contribution in [0.2, 0.25) is 0 Å². The molecular formula is C13H13F2N7. The fraction of sp³-hybridized carbons (Fsp3) is 0.385. The smallest absolute Gasteiger partial charge is 0.222 e. The molecule has 1 saturated heterocycles. The maximum atomic E-state index is 13.5. The Balaban J connectivity index is 1.93. The van der Waals surface area contributed by atoms with E-state index in [4.69, 9.17) is 0 Å². The lowest BCUT2D eigenvalue weighted by atomic mass is 10.2. The van der Waals surface area contributed by atoms with Crippen LogP contribution >= 0.6 is 0 Å². The number of benzene rings is 1. The molecule has 0 N–H and O–H groups in total. The molecule has 3 heterocycles. The Morgan fingerprint density at radius 1 is 1.05 bits per heavy atom. The highest BCUT2D eigenvalue weighted by Crippen LogP contribution is 2.24. The van der Waals surface area contributed by atoms with E-state index in [1.54, 1.807) is 0 Å². The summed E-state index contributed by atoms with van der Waals surface area (Å²) in [6.45, 7) is 3.35. The molecule has 0 radical (unpaired) electrons. The number of piperazine rings is 1. The van der Waals surface area contributed by atoms with Crippen LogP contribution in [0, 0.1) is 11.6 Å². The Morgan fingerprint density at radius 3 is 2.55 bits per heavy atom. The summed E-state index contributed by atoms with van der Waals surface area (Å²) < 4.78 is 28.4. The van der Waals surface area contributed by atoms with Crippen LogP contribution in [-0.2, 0) is 0 Å². The first-order chi connectivity index (χ1) is 10.6. The van der Waals surface area contributed by atoms with Crippen molar-refractivity contribution in [3.8, 4) is 0 Å². The number of aromatic nitrogens is 5. The molecule has 0 bridgehead atoms. The third-order valence-corrected chi connectivity index (χ3v) is 3.94. The fourth-order valence-corrected chi connectivity index (χ4v) is 2.67. The van der Waals surface area contributed by atoms with Gasteiger partial charge in [-0.3, -0.25) is 0 Å². The second-order valence-electron chi connectivity index (χ2n) is 5.40. The summed E-state index contributed by atoms with van der Waals surface area (Å²) >= 11 is 0. The molecule has 0 saturated carbocycles. The van der Waals surface area contributed by atoms with Crippen molar-refractivity contribution in [1.29, 1.82) is 0 Å². The van der Waals surface area contributed by atoms with Crippen molar-refractivity contribution in [3.05, 3.63) is 23.8 Å². The van der Waals surface area contributed by atoms with Gasteiger partial charge in [0.2, 0.25) is 5.65 Å². The second kappa shape index (κ2) is 4.80. The van der Waals surface area contributed by atoms with Gasteiger partial charge in [0.05, 0.1) is 11.0 Å². The highest BCUT2D eigenvalue weighted by molar-refractivity contribution is 5.82. The fourth-order valence-electron chi connectivity index (χ4n) is 2.67. The lowest BCUT2D eigenvalue weighted by molar-refractivity contribution is 0.312. The number of nitrogens with zero attached hydrogens (tertiary/aromatic N) is 7. The molecule has 0 atom stereocenters. The van der Waals surface area contributed by atoms with Gasteiger partial charge in [-0.05, 0) is 17.5 Å². The zero-order valence-electron chi connectivity index (χ0n) is 11.9. The monoisotopic (exact) mass is 305 g/mol. The molecule has 2 aromatic heterocycles. The minimum absolute atomic E-state index is 0.327. The second-order valence-corrected chi connectivity index (χ2v) is 5.40. The maximum absolute atomic E-state index is 13.5. The number of anilines is 1. The van der Waals surface area contributed by atoms with E-state index in [-0.39, 0.29) is 0 Å². The summed E-state index contributed by atoms with van der Waals surface area (Å²) in [5.74, 6) is -1.29. The van der Waals surface area contributed by atoms with Gasteiger partial charge in [-0.2, -0.15) is 4.52 Å². The van der Waals surface area contributed by atoms with Crippen molar-refractivity contribution in [1.82, 2.24) is 29.9 Å². The van der Waals surface area contributed by atoms with E-state index < -0.39 is 11.6 Å². The normalized spacial score (nSPS) is 16.8. The van der Waals surface area contributed by atoms with E-state index in [0.29, 0.717) is 22.5 Å². The molecule has 1 fully saturated rings. The van der Waals surface area contributed by atoms with Crippen LogP contribution in [-0.4, -0.2) is 63.2 Å². The molecule has 0 aliphatic carbocycles. The molecule has 4 rings (SSSR count). The van der Waals surface area contributed by atoms with Gasteiger partial charge in [-0.1, -0.05) is 0 Å². The molecule has 7 nitrogen and oxygen atoms in total. The number of halogens is 2. The highest BCUT2D eigenvalue weighted by Gasteiger charge is 2.21. The summed E-state index contributed by atoms with van der Waals surface area (Å²) in [5, 5.41) is 11.5. The zero-order chi connectivity index (χ0) is 15.3. The molecule has 3 aromatic rings. The van der Waals surface area contributed by atoms with Crippen molar-refractivity contribution in [2.75, 3.05) is 38.1 Å². The molecule has 1 aromatic carbocycles. The van der Waals surface area contributed by atoms with E-state index in [2.05, 4.69) is 37.4 Å². The summed E-state index contributed by atoms with van der Waals surface area (Å²) in [6.07, 6.45) is 0. The molecule has 1 aliphatic heterocycles. The average molecular weight is 305 g/mol. The Bertz CT molecular complexity index is 854. The third-order valence-electron chi connectivity index (χ3n) is 3.94. The lowest BCUT2D eigenvalue weighted by Crippen LogP contribution is -2.45. The molecule has 22 heavy (non-hydrogen) atoms. The van der Waals surface area contributed by atoms with Crippen molar-refractivity contribution in [3.63, 3.8) is 0 Å². The first kappa shape index (κ1) is 13.3. The van der Waals surface area contributed by atoms with E-state index in [9.17, 15) is 8.78 Å². The van der Waals surface area contributed by atoms with Gasteiger partial charge in [0.1, 0.15) is 0 Å². The molecular weight excluding hydrogens is 292 g/mol. The van der Waals surface area contributed by atoms with Gasteiger partial charge in [0.25, 0.3) is 0 Å². The van der Waals surface area contributed by atoms with Gasteiger partial charge in [0, 0.05) is 38.3 Å². The lowest BCUT2D eigenvalue weighted by Gasteiger charge is -2.33. The SMILES string of the molecule is CN1CCN(c2nc3cc(F)c(F)cc3n3nnnc23)CC1. The van der Waals surface area contributed by atoms with Crippen LogP contribution in [0.1, 0.15) is 0 Å². The minimum atomic E-state index is -0.946. The quantitative estimate of drug-likeness (QED) is 0.659. The maximum Gasteiger partial charge on any atom is 0.222 e. The molecule has 0 amide bonds. The summed E-state index contributed by atoms with van der Waals surface area (Å²) in [5.41, 5.74) is 1.12. The number of rotatable bonds is 1. The topological polar surface area (TPSA) is 62.5 Å². The molecule has 1 aliphatic rings. The Kier molecular flexibility index (Phi) is 2.89. The average Bonchev–Trinajstić information content (AvgIpc) is 2.99. The van der Waals surface area contributed by atoms with Crippen molar-refractivity contribution >= 4 is 22.5 Å². The van der Waals surface area contributed by atoms with E-state index in [1.165, 1.54) is 4.52 Å². The van der Waals surface area contributed by atoms with Gasteiger partial charge in [0.15, 0.2) is 17.5 Å². The van der Waals surface area contributed by atoms with E-state index >= 15 is 0 Å². The van der Waals surface area contributed by atoms with Crippen molar-refractivity contribution in [2.24, 2.45) is 0 Å². The van der Waals surface area contributed by atoms with Crippen molar-refractivity contribution < 1.29 is 8.78 Å². The summed E-state index contributed by atoms with van der Waals surface area (Å²) in [7, 11) is 2.05. The standard InChI is InChI=1S/C13H13F2N7/c1-20-2-4-21(5-3-20)12-13-17-18-19-22(13)11-7-9(15)8(14)6-10(11)16-12/h6-7H,2-5H2,1H3. The molecule has 114 valence electrons. The van der Waals surface area contributed by atoms with Gasteiger partial charge in [-0.25, -0.2) is 13.8 Å².